The standard InChI is InChI=1S/2C6H15P.6CH3.Pt.2Sn.Te/c2*1-4-7(5-2)6-3;;;;;;;;;;/h2*4-6H2,1-3H3;6*1H3;;;;. The van der Waals surface area contributed by atoms with Gasteiger partial charge in [0.2, 0.25) is 0 Å². The van der Waals surface area contributed by atoms with E-state index in [-0.39, 0.29) is 44.7 Å². The van der Waals surface area contributed by atoms with Gasteiger partial charge in [-0.1, -0.05) is 41.5 Å². The molecule has 0 fully saturated rings. The van der Waals surface area contributed by atoms with Crippen LogP contribution in [0.1, 0.15) is 41.5 Å². The Balaban J connectivity index is -0.0000000453. The van der Waals surface area contributed by atoms with Gasteiger partial charge in [0.1, 0.15) is 0 Å². The monoisotopic (exact) mass is 891 g/mol. The fourth-order valence-corrected chi connectivity index (χ4v) is 4.02. The molecule has 0 aliphatic carbocycles. The van der Waals surface area contributed by atoms with Crippen LogP contribution in [-0.4, -0.2) is 100 Å². The average molecular weight is 887 g/mol. The van der Waals surface area contributed by atoms with Gasteiger partial charge < -0.3 is 0 Å². The summed E-state index contributed by atoms with van der Waals surface area (Å²) in [6.45, 7) is 13.7. The first-order chi connectivity index (χ1) is 10.2. The molecule has 24 heavy (non-hydrogen) atoms. The summed E-state index contributed by atoms with van der Waals surface area (Å²) in [7, 11) is 0.892. The molecule has 0 aromatic rings. The van der Waals surface area contributed by atoms with Crippen molar-refractivity contribution in [1.82, 2.24) is 0 Å². The zero-order valence-electron chi connectivity index (χ0n) is 18.9. The zero-order chi connectivity index (χ0) is 18.6. The van der Waals surface area contributed by atoms with E-state index >= 15 is 0 Å². The SMILES string of the molecule is CCP(CC)CC.CCP(CC)CC.[CH3][Sn]([CH3])[CH3].[CH3][Sn]([CH3])[CH3].[Pt].[Te]. The summed E-state index contributed by atoms with van der Waals surface area (Å²) < 4.78 is 0. The molecule has 0 aromatic carbocycles. The average Bonchev–Trinajstić information content (AvgIpc) is 2.42. The van der Waals surface area contributed by atoms with E-state index < -0.39 is 39.5 Å². The molecule has 0 atom stereocenters. The van der Waals surface area contributed by atoms with Crippen molar-refractivity contribution in [1.29, 1.82) is 0 Å². The minimum atomic E-state index is -0.543. The Labute approximate surface area is 205 Å². The summed E-state index contributed by atoms with van der Waals surface area (Å²) in [6.07, 6.45) is 8.51. The summed E-state index contributed by atoms with van der Waals surface area (Å²) in [6, 6.07) is 0. The Bertz CT molecular complexity index is 135. The molecule has 6 heteroatoms. The van der Waals surface area contributed by atoms with Gasteiger partial charge in [-0.15, -0.1) is 15.8 Å². The molecule has 0 rings (SSSR count). The van der Waals surface area contributed by atoms with Crippen LogP contribution < -0.4 is 0 Å². The van der Waals surface area contributed by atoms with E-state index in [0.717, 1.165) is 0 Å². The molecular weight excluding hydrogens is 838 g/mol. The fourth-order valence-electron chi connectivity index (χ4n) is 1.34. The van der Waals surface area contributed by atoms with Crippen LogP contribution in [0.15, 0.2) is 0 Å². The van der Waals surface area contributed by atoms with Gasteiger partial charge in [-0.3, -0.25) is 0 Å². The van der Waals surface area contributed by atoms with Gasteiger partial charge in [0.05, 0.1) is 0 Å². The molecule has 0 spiro atoms. The molecule has 0 saturated carbocycles. The predicted octanol–water partition coefficient (Wildman–Crippen LogP) is 7.41. The van der Waals surface area contributed by atoms with E-state index in [0.29, 0.717) is 15.8 Å². The third-order valence-corrected chi connectivity index (χ3v) is 8.05. The van der Waals surface area contributed by atoms with Gasteiger partial charge in [-0.05, 0) is 37.0 Å². The van der Waals surface area contributed by atoms with E-state index in [1.54, 1.807) is 0 Å². The summed E-state index contributed by atoms with van der Waals surface area (Å²) in [5.74, 6) is 0. The van der Waals surface area contributed by atoms with Crippen molar-refractivity contribution in [2.24, 2.45) is 0 Å². The maximum absolute atomic E-state index is 2.36. The summed E-state index contributed by atoms with van der Waals surface area (Å²) >= 11 is -1.09. The van der Waals surface area contributed by atoms with Crippen molar-refractivity contribution in [2.45, 2.75) is 71.2 Å². The first-order valence-corrected chi connectivity index (χ1v) is 30.1. The van der Waals surface area contributed by atoms with Crippen LogP contribution in [0.5, 0.6) is 0 Å². The van der Waals surface area contributed by atoms with Gasteiger partial charge in [-0.25, -0.2) is 0 Å². The van der Waals surface area contributed by atoms with Gasteiger partial charge in [0.25, 0.3) is 0 Å². The van der Waals surface area contributed by atoms with Crippen molar-refractivity contribution < 1.29 is 21.1 Å². The first kappa shape index (κ1) is 42.1. The largest absolute Gasteiger partial charge is 0 e. The molecule has 0 bridgehead atoms. The van der Waals surface area contributed by atoms with E-state index in [9.17, 15) is 0 Å². The van der Waals surface area contributed by atoms with Crippen LogP contribution in [0.3, 0.4) is 0 Å². The second-order valence-corrected chi connectivity index (χ2v) is 29.8. The number of hydrogen-bond donors (Lipinski definition) is 0. The van der Waals surface area contributed by atoms with Crippen molar-refractivity contribution in [3.05, 3.63) is 0 Å². The molecule has 0 nitrogen and oxygen atoms in total. The van der Waals surface area contributed by atoms with Crippen molar-refractivity contribution >= 4 is 79.0 Å². The third kappa shape index (κ3) is 63.5. The summed E-state index contributed by atoms with van der Waals surface area (Å²) in [5.41, 5.74) is 0. The molecule has 0 aliphatic rings. The van der Waals surface area contributed by atoms with E-state index in [1.165, 1.54) is 37.0 Å². The molecule has 0 saturated heterocycles. The first-order valence-electron chi connectivity index (χ1n) is 9.14. The van der Waals surface area contributed by atoms with E-state index in [2.05, 4.69) is 71.2 Å². The van der Waals surface area contributed by atoms with Crippen molar-refractivity contribution in [3.8, 4) is 0 Å². The Morgan fingerprint density at radius 1 is 0.458 bits per heavy atom. The molecule has 0 aliphatic heterocycles. The molecule has 0 heterocycles. The molecule has 0 aromatic heterocycles. The van der Waals surface area contributed by atoms with Gasteiger partial charge >= 0.3 is 69.2 Å². The molecule has 154 valence electrons. The molecule has 0 amide bonds. The Morgan fingerprint density at radius 3 is 0.542 bits per heavy atom. The minimum absolute atomic E-state index is 0. The van der Waals surface area contributed by atoms with Crippen LogP contribution in [0.4, 0.5) is 0 Å². The van der Waals surface area contributed by atoms with Crippen LogP contribution in [-0.2, 0) is 21.1 Å². The van der Waals surface area contributed by atoms with Crippen molar-refractivity contribution in [3.63, 3.8) is 0 Å². The van der Waals surface area contributed by atoms with Crippen LogP contribution in [0.2, 0.25) is 29.6 Å². The number of rotatable bonds is 6. The second-order valence-electron chi connectivity index (χ2n) is 6.24. The Morgan fingerprint density at radius 2 is 0.542 bits per heavy atom. The predicted molar refractivity (Wildman–Crippen MR) is 130 cm³/mol. The maximum atomic E-state index is 2.36. The van der Waals surface area contributed by atoms with Crippen LogP contribution in [0.25, 0.3) is 0 Å². The Hall–Kier alpha value is 3.94. The molecule has 4 radical (unpaired) electrons. The van der Waals surface area contributed by atoms with E-state index in [1.807, 2.05) is 0 Å². The smallest absolute Gasteiger partial charge is 0 e. The van der Waals surface area contributed by atoms with Gasteiger partial charge in [0.15, 0.2) is 0 Å². The van der Waals surface area contributed by atoms with Crippen molar-refractivity contribution in [2.75, 3.05) is 37.0 Å². The molecule has 0 N–H and O–H groups in total. The van der Waals surface area contributed by atoms with Crippen LogP contribution >= 0.6 is 15.8 Å². The summed E-state index contributed by atoms with van der Waals surface area (Å²) in [4.78, 5) is 14.2. The minimum Gasteiger partial charge on any atom is 0 e. The zero-order valence-corrected chi connectivity index (χ0v) is 31.0. The van der Waals surface area contributed by atoms with E-state index in [4.69, 9.17) is 0 Å². The molecular formula is C18H48P2PtSn2Te. The number of hydrogen-bond acceptors (Lipinski definition) is 0. The van der Waals surface area contributed by atoms with Gasteiger partial charge in [0, 0.05) is 44.7 Å². The quantitative estimate of drug-likeness (QED) is 0.193. The maximum Gasteiger partial charge on any atom is 0 e. The Kier molecular flexibility index (Phi) is 66.1. The second kappa shape index (κ2) is 37.7. The normalized spacial score (nSPS) is 9.00. The third-order valence-electron chi connectivity index (χ3n) is 2.68. The summed E-state index contributed by atoms with van der Waals surface area (Å²) in [5, 5.41) is 0. The van der Waals surface area contributed by atoms with Crippen LogP contribution in [0, 0.1) is 0 Å². The topological polar surface area (TPSA) is 0 Å². The fraction of sp³-hybridized carbons (Fsp3) is 1.00. The molecule has 0 unspecified atom stereocenters. The van der Waals surface area contributed by atoms with Gasteiger partial charge in [-0.2, -0.15) is 0 Å².